The summed E-state index contributed by atoms with van der Waals surface area (Å²) in [6, 6.07) is 13.2. The summed E-state index contributed by atoms with van der Waals surface area (Å²) in [4.78, 5) is 30.8. The van der Waals surface area contributed by atoms with E-state index in [1.54, 1.807) is 18.3 Å². The maximum Gasteiger partial charge on any atom is 0.234 e. The molecule has 2 aromatic heterocycles. The number of aromatic nitrogens is 3. The summed E-state index contributed by atoms with van der Waals surface area (Å²) in [5.41, 5.74) is 3.66. The van der Waals surface area contributed by atoms with Crippen molar-refractivity contribution in [3.05, 3.63) is 83.2 Å². The highest BCUT2D eigenvalue weighted by molar-refractivity contribution is 6.01. The number of fused-ring (bicyclic) bond motifs is 1. The zero-order valence-corrected chi connectivity index (χ0v) is 24.4. The quantitative estimate of drug-likeness (QED) is 0.272. The van der Waals surface area contributed by atoms with Crippen molar-refractivity contribution in [1.82, 2.24) is 25.0 Å². The van der Waals surface area contributed by atoms with Crippen LogP contribution in [0.1, 0.15) is 80.5 Å². The molecule has 2 amide bonds. The van der Waals surface area contributed by atoms with Gasteiger partial charge in [0.25, 0.3) is 0 Å². The monoisotopic (exact) mass is 583 g/mol. The van der Waals surface area contributed by atoms with E-state index in [9.17, 15) is 9.59 Å². The molecule has 1 aliphatic carbocycles. The fourth-order valence-electron chi connectivity index (χ4n) is 7.00. The normalized spacial score (nSPS) is 22.6. The molecule has 3 aliphatic rings. The van der Waals surface area contributed by atoms with E-state index in [0.29, 0.717) is 52.3 Å². The Bertz CT molecular complexity index is 1740. The van der Waals surface area contributed by atoms with Crippen molar-refractivity contribution in [2.75, 3.05) is 13.1 Å². The lowest BCUT2D eigenvalue weighted by Gasteiger charge is -2.45. The van der Waals surface area contributed by atoms with E-state index in [1.165, 1.54) is 0 Å². The molecule has 9 heteroatoms. The van der Waals surface area contributed by atoms with E-state index >= 15 is 8.78 Å². The minimum absolute atomic E-state index is 0.0203. The Morgan fingerprint density at radius 1 is 1.02 bits per heavy atom. The Morgan fingerprint density at radius 3 is 2.60 bits per heavy atom. The molecule has 4 heterocycles. The number of pyridine rings is 1. The number of carbonyl (C=O) groups excluding carboxylic acids is 2. The molecule has 2 aliphatic heterocycles. The number of rotatable bonds is 6. The van der Waals surface area contributed by atoms with E-state index in [4.69, 9.17) is 0 Å². The molecule has 2 atom stereocenters. The Labute approximate surface area is 249 Å². The topological polar surface area (TPSA) is 80.1 Å². The molecular formula is C34H35F2N5O2. The lowest BCUT2D eigenvalue weighted by Crippen LogP contribution is -2.44. The number of likely N-dealkylation sites (tertiary alicyclic amines) is 1. The minimum Gasteiger partial charge on any atom is -0.299 e. The maximum atomic E-state index is 16.2. The standard InChI is InChI=1S/C34H35F2N5O2/c1-34(2)19-40(18-20-3-6-25(28(35)15-20)30-12-14-41(39-30)22-4-5-22)13-11-27(34)24-7-9-29-26(32(24)36)16-21(17-37-29)23-8-10-31(42)38-33(23)43/h3,6-7,9,12,14-17,22-23,27H,4-5,8,10-11,13,18-19H2,1-2H3,(H,38,42,43). The molecular weight excluding hydrogens is 548 g/mol. The van der Waals surface area contributed by atoms with E-state index in [0.717, 1.165) is 37.9 Å². The van der Waals surface area contributed by atoms with Gasteiger partial charge in [0.2, 0.25) is 11.8 Å². The predicted molar refractivity (Wildman–Crippen MR) is 159 cm³/mol. The largest absolute Gasteiger partial charge is 0.299 e. The third-order valence-electron chi connectivity index (χ3n) is 9.42. The third-order valence-corrected chi connectivity index (χ3v) is 9.42. The first kappa shape index (κ1) is 27.8. The fraction of sp³-hybridized carbons (Fsp3) is 0.412. The highest BCUT2D eigenvalue weighted by Gasteiger charge is 2.38. The molecule has 4 aromatic rings. The summed E-state index contributed by atoms with van der Waals surface area (Å²) >= 11 is 0. The van der Waals surface area contributed by atoms with Gasteiger partial charge in [0, 0.05) is 42.9 Å². The average molecular weight is 584 g/mol. The van der Waals surface area contributed by atoms with Gasteiger partial charge in [0.1, 0.15) is 11.6 Å². The van der Waals surface area contributed by atoms with Crippen LogP contribution in [0.5, 0.6) is 0 Å². The van der Waals surface area contributed by atoms with Gasteiger partial charge >= 0.3 is 0 Å². The zero-order valence-electron chi connectivity index (χ0n) is 24.4. The van der Waals surface area contributed by atoms with Crippen molar-refractivity contribution >= 4 is 22.7 Å². The van der Waals surface area contributed by atoms with Crippen molar-refractivity contribution in [1.29, 1.82) is 0 Å². The molecule has 3 fully saturated rings. The number of benzene rings is 2. The van der Waals surface area contributed by atoms with E-state index in [-0.39, 0.29) is 41.2 Å². The van der Waals surface area contributed by atoms with Gasteiger partial charge in [0.05, 0.1) is 23.2 Å². The third kappa shape index (κ3) is 5.35. The summed E-state index contributed by atoms with van der Waals surface area (Å²) in [6.45, 7) is 6.42. The second-order valence-corrected chi connectivity index (χ2v) is 13.1. The van der Waals surface area contributed by atoms with E-state index in [2.05, 4.69) is 34.1 Å². The van der Waals surface area contributed by atoms with Crippen LogP contribution in [0.4, 0.5) is 8.78 Å². The number of carbonyl (C=O) groups is 2. The van der Waals surface area contributed by atoms with Gasteiger partial charge in [-0.1, -0.05) is 26.0 Å². The number of hydrogen-bond acceptors (Lipinski definition) is 5. The van der Waals surface area contributed by atoms with Crippen LogP contribution in [-0.4, -0.2) is 44.6 Å². The van der Waals surface area contributed by atoms with Crippen LogP contribution in [0.25, 0.3) is 22.2 Å². The Balaban J connectivity index is 1.07. The molecule has 2 aromatic carbocycles. The van der Waals surface area contributed by atoms with Crippen LogP contribution in [0.3, 0.4) is 0 Å². The molecule has 7 rings (SSSR count). The number of nitrogens with one attached hydrogen (secondary N) is 1. The van der Waals surface area contributed by atoms with Gasteiger partial charge in [-0.25, -0.2) is 8.78 Å². The lowest BCUT2D eigenvalue weighted by atomic mass is 9.70. The Morgan fingerprint density at radius 2 is 1.86 bits per heavy atom. The first-order chi connectivity index (χ1) is 20.7. The molecule has 222 valence electrons. The molecule has 2 saturated heterocycles. The van der Waals surface area contributed by atoms with Gasteiger partial charge in [-0.2, -0.15) is 5.10 Å². The summed E-state index contributed by atoms with van der Waals surface area (Å²) in [5.74, 6) is -1.75. The van der Waals surface area contributed by atoms with Crippen LogP contribution < -0.4 is 5.32 Å². The van der Waals surface area contributed by atoms with Gasteiger partial charge in [-0.05, 0) is 90.6 Å². The second-order valence-electron chi connectivity index (χ2n) is 13.1. The summed E-state index contributed by atoms with van der Waals surface area (Å²) < 4.78 is 33.3. The predicted octanol–water partition coefficient (Wildman–Crippen LogP) is 6.25. The van der Waals surface area contributed by atoms with Crippen molar-refractivity contribution in [3.8, 4) is 11.3 Å². The van der Waals surface area contributed by atoms with Crippen molar-refractivity contribution in [2.24, 2.45) is 5.41 Å². The highest BCUT2D eigenvalue weighted by Crippen LogP contribution is 2.44. The van der Waals surface area contributed by atoms with Gasteiger partial charge in [-0.15, -0.1) is 0 Å². The van der Waals surface area contributed by atoms with Gasteiger partial charge < -0.3 is 0 Å². The van der Waals surface area contributed by atoms with Crippen LogP contribution in [0.2, 0.25) is 0 Å². The SMILES string of the molecule is CC1(C)CN(Cc2ccc(-c3ccn(C4CC4)n3)c(F)c2)CCC1c1ccc2ncc(C3CCC(=O)NC3=O)cc2c1F. The number of imide groups is 1. The van der Waals surface area contributed by atoms with Crippen LogP contribution in [0, 0.1) is 17.0 Å². The molecule has 0 radical (unpaired) electrons. The molecule has 1 N–H and O–H groups in total. The summed E-state index contributed by atoms with van der Waals surface area (Å²) in [7, 11) is 0. The fourth-order valence-corrected chi connectivity index (χ4v) is 7.00. The zero-order chi connectivity index (χ0) is 29.9. The van der Waals surface area contributed by atoms with Crippen LogP contribution >= 0.6 is 0 Å². The number of halogens is 2. The molecule has 43 heavy (non-hydrogen) atoms. The van der Waals surface area contributed by atoms with Crippen molar-refractivity contribution < 1.29 is 18.4 Å². The van der Waals surface area contributed by atoms with Gasteiger partial charge in [0.15, 0.2) is 0 Å². The van der Waals surface area contributed by atoms with E-state index < -0.39 is 5.92 Å². The molecule has 0 bridgehead atoms. The summed E-state index contributed by atoms with van der Waals surface area (Å²) in [6.07, 6.45) is 7.21. The Hall–Kier alpha value is -3.98. The van der Waals surface area contributed by atoms with Crippen molar-refractivity contribution in [3.63, 3.8) is 0 Å². The molecule has 7 nitrogen and oxygen atoms in total. The second kappa shape index (κ2) is 10.6. The van der Waals surface area contributed by atoms with Crippen LogP contribution in [-0.2, 0) is 16.1 Å². The number of piperidine rings is 2. The molecule has 1 saturated carbocycles. The average Bonchev–Trinajstić information content (AvgIpc) is 3.70. The first-order valence-electron chi connectivity index (χ1n) is 15.1. The Kier molecular flexibility index (Phi) is 6.88. The summed E-state index contributed by atoms with van der Waals surface area (Å²) in [5, 5.41) is 7.34. The van der Waals surface area contributed by atoms with Crippen LogP contribution in [0.15, 0.2) is 54.9 Å². The minimum atomic E-state index is -0.517. The molecule has 0 spiro atoms. The number of nitrogens with zero attached hydrogens (tertiary/aromatic N) is 4. The lowest BCUT2D eigenvalue weighted by molar-refractivity contribution is -0.134. The number of amides is 2. The first-order valence-corrected chi connectivity index (χ1v) is 15.1. The molecule has 2 unspecified atom stereocenters. The maximum absolute atomic E-state index is 16.2. The highest BCUT2D eigenvalue weighted by atomic mass is 19.1. The smallest absolute Gasteiger partial charge is 0.234 e. The van der Waals surface area contributed by atoms with E-state index in [1.807, 2.05) is 41.2 Å². The number of hydrogen-bond donors (Lipinski definition) is 1. The van der Waals surface area contributed by atoms with Gasteiger partial charge in [-0.3, -0.25) is 29.5 Å². The van der Waals surface area contributed by atoms with Crippen molar-refractivity contribution in [2.45, 2.75) is 70.4 Å².